The summed E-state index contributed by atoms with van der Waals surface area (Å²) in [4.78, 5) is 26.9. The van der Waals surface area contributed by atoms with Crippen molar-refractivity contribution in [2.24, 2.45) is 0 Å². The van der Waals surface area contributed by atoms with E-state index < -0.39 is 9.84 Å². The Morgan fingerprint density at radius 1 is 1.24 bits per heavy atom. The van der Waals surface area contributed by atoms with Gasteiger partial charge < -0.3 is 4.90 Å². The highest BCUT2D eigenvalue weighted by Crippen LogP contribution is 2.32. The Morgan fingerprint density at radius 3 is 2.69 bits per heavy atom. The van der Waals surface area contributed by atoms with Crippen molar-refractivity contribution >= 4 is 38.0 Å². The lowest BCUT2D eigenvalue weighted by molar-refractivity contribution is -0.133. The van der Waals surface area contributed by atoms with E-state index in [9.17, 15) is 18.0 Å². The number of benzene rings is 1. The number of fused-ring (bicyclic) bond motifs is 1. The Hall–Kier alpha value is -2.66. The van der Waals surface area contributed by atoms with E-state index in [0.717, 1.165) is 23.2 Å². The van der Waals surface area contributed by atoms with Gasteiger partial charge in [0.1, 0.15) is 6.54 Å². The molecule has 1 aromatic carbocycles. The monoisotopic (exact) mass is 433 g/mol. The first-order valence-electron chi connectivity index (χ1n) is 9.09. The number of amides is 1. The van der Waals surface area contributed by atoms with E-state index >= 15 is 0 Å². The molecular weight excluding hydrogens is 414 g/mol. The van der Waals surface area contributed by atoms with Crippen LogP contribution in [-0.2, 0) is 21.2 Å². The van der Waals surface area contributed by atoms with Gasteiger partial charge in [-0.2, -0.15) is 5.10 Å². The molecule has 0 N–H and O–H groups in total. The van der Waals surface area contributed by atoms with Gasteiger partial charge >= 0.3 is 0 Å². The van der Waals surface area contributed by atoms with Crippen molar-refractivity contribution in [2.45, 2.75) is 29.5 Å². The summed E-state index contributed by atoms with van der Waals surface area (Å²) in [6.45, 7) is 0.806. The quantitative estimate of drug-likeness (QED) is 0.604. The maximum Gasteiger partial charge on any atom is 0.275 e. The van der Waals surface area contributed by atoms with E-state index in [2.05, 4.69) is 14.7 Å². The molecule has 0 atom stereocenters. The normalized spacial score (nSPS) is 15.7. The standard InChI is InChI=1S/C18H19N5O4S2/c1-29(26,27)18-16(20-21-28-18)12-6-8-22(9-7-12)15(24)11-23-17(25)14-5-3-2-4-13(14)10-19-23/h2-5,10,12H,6-9,11H2,1H3. The second-order valence-electron chi connectivity index (χ2n) is 7.07. The van der Waals surface area contributed by atoms with Crippen molar-refractivity contribution in [1.82, 2.24) is 24.3 Å². The van der Waals surface area contributed by atoms with E-state index in [1.54, 1.807) is 29.3 Å². The van der Waals surface area contributed by atoms with E-state index in [1.165, 1.54) is 4.68 Å². The smallest absolute Gasteiger partial charge is 0.275 e. The topological polar surface area (TPSA) is 115 Å². The summed E-state index contributed by atoms with van der Waals surface area (Å²) in [7, 11) is -3.37. The average Bonchev–Trinajstić information content (AvgIpc) is 3.21. The predicted molar refractivity (Wildman–Crippen MR) is 108 cm³/mol. The minimum absolute atomic E-state index is 0.0518. The zero-order chi connectivity index (χ0) is 20.6. The Bertz CT molecular complexity index is 1230. The number of aromatic nitrogens is 4. The maximum atomic E-state index is 12.7. The largest absolute Gasteiger partial charge is 0.341 e. The second kappa shape index (κ2) is 7.64. The highest BCUT2D eigenvalue weighted by Gasteiger charge is 2.30. The maximum absolute atomic E-state index is 12.7. The van der Waals surface area contributed by atoms with Gasteiger partial charge in [0.2, 0.25) is 5.91 Å². The van der Waals surface area contributed by atoms with E-state index in [1.807, 2.05) is 6.07 Å². The van der Waals surface area contributed by atoms with E-state index in [-0.39, 0.29) is 28.1 Å². The summed E-state index contributed by atoms with van der Waals surface area (Å²) in [5.74, 6) is -0.239. The fourth-order valence-corrected chi connectivity index (χ4v) is 5.30. The molecule has 9 nitrogen and oxygen atoms in total. The number of rotatable bonds is 4. The number of piperidine rings is 1. The molecule has 1 amide bonds. The SMILES string of the molecule is CS(=O)(=O)c1snnc1C1CCN(C(=O)Cn2ncc3ccccc3c2=O)CC1. The number of likely N-dealkylation sites (tertiary alicyclic amines) is 1. The zero-order valence-electron chi connectivity index (χ0n) is 15.7. The van der Waals surface area contributed by atoms with Crippen molar-refractivity contribution < 1.29 is 13.2 Å². The van der Waals surface area contributed by atoms with Crippen LogP contribution in [0.15, 0.2) is 39.5 Å². The van der Waals surface area contributed by atoms with Crippen LogP contribution in [0.25, 0.3) is 10.8 Å². The number of hydrogen-bond acceptors (Lipinski definition) is 8. The Kier molecular flexibility index (Phi) is 5.17. The second-order valence-corrected chi connectivity index (χ2v) is 10.0. The molecule has 1 fully saturated rings. The first-order valence-corrected chi connectivity index (χ1v) is 11.8. The first-order chi connectivity index (χ1) is 13.8. The molecule has 1 saturated heterocycles. The highest BCUT2D eigenvalue weighted by atomic mass is 32.2. The number of carbonyl (C=O) groups is 1. The molecule has 4 rings (SSSR count). The predicted octanol–water partition coefficient (Wildman–Crippen LogP) is 1.06. The molecule has 1 aliphatic rings. The molecule has 0 unspecified atom stereocenters. The molecule has 3 heterocycles. The van der Waals surface area contributed by atoms with E-state index in [4.69, 9.17) is 0 Å². The molecule has 0 aliphatic carbocycles. The molecule has 2 aromatic heterocycles. The zero-order valence-corrected chi connectivity index (χ0v) is 17.3. The Balaban J connectivity index is 1.44. The van der Waals surface area contributed by atoms with Crippen LogP contribution in [-0.4, -0.2) is 57.9 Å². The Labute approximate surface area is 171 Å². The minimum atomic E-state index is -3.37. The number of hydrogen-bond donors (Lipinski definition) is 0. The van der Waals surface area contributed by atoms with Gasteiger partial charge in [0.25, 0.3) is 5.56 Å². The lowest BCUT2D eigenvalue weighted by atomic mass is 9.94. The van der Waals surface area contributed by atoms with Crippen LogP contribution >= 0.6 is 11.5 Å². The van der Waals surface area contributed by atoms with Crippen LogP contribution in [0.5, 0.6) is 0 Å². The van der Waals surface area contributed by atoms with Gasteiger partial charge in [0.15, 0.2) is 14.0 Å². The van der Waals surface area contributed by atoms with Gasteiger partial charge in [0, 0.05) is 42.2 Å². The fourth-order valence-electron chi connectivity index (χ4n) is 3.57. The summed E-state index contributed by atoms with van der Waals surface area (Å²) in [5.41, 5.74) is 0.203. The van der Waals surface area contributed by atoms with Crippen molar-refractivity contribution in [3.05, 3.63) is 46.5 Å². The van der Waals surface area contributed by atoms with Crippen LogP contribution in [0.3, 0.4) is 0 Å². The van der Waals surface area contributed by atoms with Crippen LogP contribution in [0.2, 0.25) is 0 Å². The molecular formula is C18H19N5O4S2. The number of nitrogens with zero attached hydrogens (tertiary/aromatic N) is 5. The highest BCUT2D eigenvalue weighted by molar-refractivity contribution is 7.92. The summed E-state index contributed by atoms with van der Waals surface area (Å²) in [5, 5.41) is 9.39. The van der Waals surface area contributed by atoms with Gasteiger partial charge in [-0.25, -0.2) is 13.1 Å². The fraction of sp³-hybridized carbons (Fsp3) is 0.389. The molecule has 0 saturated carbocycles. The summed E-state index contributed by atoms with van der Waals surface area (Å²) in [6.07, 6.45) is 3.93. The molecule has 29 heavy (non-hydrogen) atoms. The van der Waals surface area contributed by atoms with Crippen molar-refractivity contribution in [1.29, 1.82) is 0 Å². The van der Waals surface area contributed by atoms with Gasteiger partial charge in [0.05, 0.1) is 17.3 Å². The molecule has 0 radical (unpaired) electrons. The van der Waals surface area contributed by atoms with Gasteiger partial charge in [-0.1, -0.05) is 22.7 Å². The summed E-state index contributed by atoms with van der Waals surface area (Å²) < 4.78 is 29.0. The molecule has 152 valence electrons. The van der Waals surface area contributed by atoms with Crippen LogP contribution < -0.4 is 5.56 Å². The van der Waals surface area contributed by atoms with Gasteiger partial charge in [-0.05, 0) is 18.9 Å². The minimum Gasteiger partial charge on any atom is -0.341 e. The molecule has 0 bridgehead atoms. The van der Waals surface area contributed by atoms with Crippen LogP contribution in [0.1, 0.15) is 24.5 Å². The lowest BCUT2D eigenvalue weighted by Crippen LogP contribution is -2.41. The Morgan fingerprint density at radius 2 is 1.97 bits per heavy atom. The molecule has 1 aliphatic heterocycles. The summed E-state index contributed by atoms with van der Waals surface area (Å²) in [6, 6.07) is 7.13. The van der Waals surface area contributed by atoms with E-state index in [0.29, 0.717) is 37.0 Å². The summed E-state index contributed by atoms with van der Waals surface area (Å²) >= 11 is 0.886. The van der Waals surface area contributed by atoms with Crippen molar-refractivity contribution in [2.75, 3.05) is 19.3 Å². The molecule has 0 spiro atoms. The first kappa shape index (κ1) is 19.6. The third kappa shape index (κ3) is 3.92. The third-order valence-electron chi connectivity index (χ3n) is 5.10. The molecule has 11 heteroatoms. The van der Waals surface area contributed by atoms with Crippen molar-refractivity contribution in [3.8, 4) is 0 Å². The molecule has 3 aromatic rings. The lowest BCUT2D eigenvalue weighted by Gasteiger charge is -2.31. The van der Waals surface area contributed by atoms with Crippen LogP contribution in [0, 0.1) is 0 Å². The van der Waals surface area contributed by atoms with Gasteiger partial charge in [-0.15, -0.1) is 5.10 Å². The third-order valence-corrected chi connectivity index (χ3v) is 7.65. The number of sulfone groups is 1. The number of carbonyl (C=O) groups excluding carboxylic acids is 1. The van der Waals surface area contributed by atoms with Crippen molar-refractivity contribution in [3.63, 3.8) is 0 Å². The van der Waals surface area contributed by atoms with Gasteiger partial charge in [-0.3, -0.25) is 9.59 Å². The average molecular weight is 434 g/mol. The van der Waals surface area contributed by atoms with Crippen LogP contribution in [0.4, 0.5) is 0 Å².